The molecule has 1 aromatic heterocycles. The Kier molecular flexibility index (Phi) is 3.85. The van der Waals surface area contributed by atoms with E-state index in [1.807, 2.05) is 30.3 Å². The van der Waals surface area contributed by atoms with Gasteiger partial charge in [-0.3, -0.25) is 0 Å². The van der Waals surface area contributed by atoms with E-state index in [1.54, 1.807) is 0 Å². The third kappa shape index (κ3) is 2.70. The van der Waals surface area contributed by atoms with Gasteiger partial charge in [-0.25, -0.2) is 4.98 Å². The Morgan fingerprint density at radius 3 is 2.04 bits per heavy atom. The van der Waals surface area contributed by atoms with Crippen LogP contribution in [0.15, 0.2) is 78.9 Å². The largest absolute Gasteiger partial charge is 0.392 e. The predicted octanol–water partition coefficient (Wildman–Crippen LogP) is 4.24. The van der Waals surface area contributed by atoms with E-state index in [0.717, 1.165) is 22.4 Å². The number of aliphatic hydroxyl groups excluding tert-OH is 1. The Morgan fingerprint density at radius 2 is 1.46 bits per heavy atom. The van der Waals surface area contributed by atoms with E-state index in [1.165, 1.54) is 11.1 Å². The number of hydrogen-bond acceptors (Lipinski definition) is 2. The molecule has 3 aromatic carbocycles. The SMILES string of the molecule is OCc1ccc2[nH]c(C(c3ccccc3)c3ccccc3)nc2c1. The Bertz CT molecular complexity index is 906. The maximum absolute atomic E-state index is 9.33. The third-order valence-corrected chi connectivity index (χ3v) is 4.29. The van der Waals surface area contributed by atoms with Crippen LogP contribution in [0.4, 0.5) is 0 Å². The fraction of sp³-hybridized carbons (Fsp3) is 0.0952. The number of aliphatic hydroxyl groups is 1. The first-order valence-corrected chi connectivity index (χ1v) is 8.04. The Hall–Kier alpha value is -2.91. The number of hydrogen-bond donors (Lipinski definition) is 2. The zero-order valence-electron chi connectivity index (χ0n) is 13.2. The van der Waals surface area contributed by atoms with Crippen LogP contribution < -0.4 is 0 Å². The van der Waals surface area contributed by atoms with Crippen LogP contribution in [-0.2, 0) is 6.61 Å². The highest BCUT2D eigenvalue weighted by Gasteiger charge is 2.20. The van der Waals surface area contributed by atoms with Crippen LogP contribution in [0.1, 0.15) is 28.4 Å². The molecule has 24 heavy (non-hydrogen) atoms. The van der Waals surface area contributed by atoms with Crippen molar-refractivity contribution in [2.24, 2.45) is 0 Å². The van der Waals surface area contributed by atoms with Crippen molar-refractivity contribution in [1.29, 1.82) is 0 Å². The number of nitrogens with zero attached hydrogens (tertiary/aromatic N) is 1. The van der Waals surface area contributed by atoms with E-state index in [2.05, 4.69) is 53.5 Å². The molecular weight excluding hydrogens is 296 g/mol. The first kappa shape index (κ1) is 14.7. The minimum absolute atomic E-state index is 0.0267. The number of aromatic amines is 1. The van der Waals surface area contributed by atoms with Gasteiger partial charge in [0.2, 0.25) is 0 Å². The lowest BCUT2D eigenvalue weighted by atomic mass is 9.91. The third-order valence-electron chi connectivity index (χ3n) is 4.29. The van der Waals surface area contributed by atoms with Gasteiger partial charge in [0.1, 0.15) is 5.82 Å². The molecule has 0 saturated carbocycles. The lowest BCUT2D eigenvalue weighted by Crippen LogP contribution is -2.05. The zero-order chi connectivity index (χ0) is 16.4. The molecule has 0 saturated heterocycles. The number of benzene rings is 3. The van der Waals surface area contributed by atoms with Crippen molar-refractivity contribution in [3.05, 3.63) is 101 Å². The van der Waals surface area contributed by atoms with Crippen molar-refractivity contribution in [3.63, 3.8) is 0 Å². The molecular formula is C21H18N2O. The van der Waals surface area contributed by atoms with Gasteiger partial charge in [0.05, 0.1) is 23.6 Å². The van der Waals surface area contributed by atoms with E-state index in [9.17, 15) is 5.11 Å². The van der Waals surface area contributed by atoms with Gasteiger partial charge >= 0.3 is 0 Å². The molecule has 3 nitrogen and oxygen atoms in total. The van der Waals surface area contributed by atoms with Crippen LogP contribution in [0.3, 0.4) is 0 Å². The molecule has 0 fully saturated rings. The van der Waals surface area contributed by atoms with Crippen LogP contribution in [0, 0.1) is 0 Å². The van der Waals surface area contributed by atoms with Crippen LogP contribution in [-0.4, -0.2) is 15.1 Å². The Balaban J connectivity index is 1.87. The van der Waals surface area contributed by atoms with E-state index < -0.39 is 0 Å². The number of fused-ring (bicyclic) bond motifs is 1. The average Bonchev–Trinajstić information content (AvgIpc) is 3.06. The quantitative estimate of drug-likeness (QED) is 0.592. The lowest BCUT2D eigenvalue weighted by molar-refractivity contribution is 0.282. The van der Waals surface area contributed by atoms with Crippen LogP contribution >= 0.6 is 0 Å². The molecule has 0 spiro atoms. The summed E-state index contributed by atoms with van der Waals surface area (Å²) >= 11 is 0. The topological polar surface area (TPSA) is 48.9 Å². The molecule has 0 radical (unpaired) electrons. The highest BCUT2D eigenvalue weighted by atomic mass is 16.3. The molecule has 3 heteroatoms. The summed E-state index contributed by atoms with van der Waals surface area (Å²) in [4.78, 5) is 8.26. The molecule has 0 amide bonds. The highest BCUT2D eigenvalue weighted by molar-refractivity contribution is 5.76. The molecule has 0 aliphatic rings. The fourth-order valence-electron chi connectivity index (χ4n) is 3.11. The summed E-state index contributed by atoms with van der Waals surface area (Å²) in [5.41, 5.74) is 5.14. The van der Waals surface area contributed by atoms with Crippen molar-refractivity contribution in [2.45, 2.75) is 12.5 Å². The molecule has 118 valence electrons. The smallest absolute Gasteiger partial charge is 0.119 e. The summed E-state index contributed by atoms with van der Waals surface area (Å²) in [7, 11) is 0. The molecule has 0 unspecified atom stereocenters. The number of aromatic nitrogens is 2. The number of rotatable bonds is 4. The molecule has 4 aromatic rings. The average molecular weight is 314 g/mol. The van der Waals surface area contributed by atoms with Gasteiger partial charge in [0.15, 0.2) is 0 Å². The van der Waals surface area contributed by atoms with Crippen LogP contribution in [0.2, 0.25) is 0 Å². The van der Waals surface area contributed by atoms with Gasteiger partial charge in [0.25, 0.3) is 0 Å². The maximum Gasteiger partial charge on any atom is 0.119 e. The Morgan fingerprint density at radius 1 is 0.833 bits per heavy atom. The standard InChI is InChI=1S/C21H18N2O/c24-14-15-11-12-18-19(13-15)23-21(22-18)20(16-7-3-1-4-8-16)17-9-5-2-6-10-17/h1-13,20,24H,14H2,(H,22,23). The molecule has 1 heterocycles. The lowest BCUT2D eigenvalue weighted by Gasteiger charge is -2.15. The van der Waals surface area contributed by atoms with Crippen molar-refractivity contribution in [1.82, 2.24) is 9.97 Å². The van der Waals surface area contributed by atoms with Crippen LogP contribution in [0.5, 0.6) is 0 Å². The summed E-state index contributed by atoms with van der Waals surface area (Å²) in [6, 6.07) is 26.6. The summed E-state index contributed by atoms with van der Waals surface area (Å²) in [6.45, 7) is 0.0267. The summed E-state index contributed by atoms with van der Waals surface area (Å²) in [6.07, 6.45) is 0. The molecule has 0 aliphatic carbocycles. The van der Waals surface area contributed by atoms with E-state index >= 15 is 0 Å². The molecule has 0 bridgehead atoms. The number of H-pyrrole nitrogens is 1. The van der Waals surface area contributed by atoms with Gasteiger partial charge in [0, 0.05) is 0 Å². The monoisotopic (exact) mass is 314 g/mol. The second-order valence-corrected chi connectivity index (χ2v) is 5.89. The number of nitrogens with one attached hydrogen (secondary N) is 1. The van der Waals surface area contributed by atoms with Gasteiger partial charge in [-0.2, -0.15) is 0 Å². The molecule has 4 rings (SSSR count). The Labute approximate surface area is 140 Å². The van der Waals surface area contributed by atoms with Gasteiger partial charge in [-0.1, -0.05) is 66.7 Å². The molecule has 0 aliphatic heterocycles. The van der Waals surface area contributed by atoms with Crippen molar-refractivity contribution in [3.8, 4) is 0 Å². The second kappa shape index (κ2) is 6.30. The summed E-state index contributed by atoms with van der Waals surface area (Å²) in [5.74, 6) is 0.967. The van der Waals surface area contributed by atoms with Crippen LogP contribution in [0.25, 0.3) is 11.0 Å². The highest BCUT2D eigenvalue weighted by Crippen LogP contribution is 2.31. The van der Waals surface area contributed by atoms with Crippen molar-refractivity contribution >= 4 is 11.0 Å². The van der Waals surface area contributed by atoms with Gasteiger partial charge < -0.3 is 10.1 Å². The summed E-state index contributed by atoms with van der Waals surface area (Å²) in [5, 5.41) is 9.33. The second-order valence-electron chi connectivity index (χ2n) is 5.89. The van der Waals surface area contributed by atoms with E-state index in [4.69, 9.17) is 4.98 Å². The van der Waals surface area contributed by atoms with Gasteiger partial charge in [-0.05, 0) is 28.8 Å². The van der Waals surface area contributed by atoms with E-state index in [0.29, 0.717) is 0 Å². The fourth-order valence-corrected chi connectivity index (χ4v) is 3.11. The summed E-state index contributed by atoms with van der Waals surface area (Å²) < 4.78 is 0. The predicted molar refractivity (Wildman–Crippen MR) is 95.8 cm³/mol. The minimum Gasteiger partial charge on any atom is -0.392 e. The molecule has 0 atom stereocenters. The first-order chi connectivity index (χ1) is 11.8. The van der Waals surface area contributed by atoms with Crippen molar-refractivity contribution in [2.75, 3.05) is 0 Å². The minimum atomic E-state index is 0.0267. The number of imidazole rings is 1. The van der Waals surface area contributed by atoms with E-state index in [-0.39, 0.29) is 12.5 Å². The zero-order valence-corrected chi connectivity index (χ0v) is 13.2. The normalized spacial score (nSPS) is 11.2. The molecule has 2 N–H and O–H groups in total. The first-order valence-electron chi connectivity index (χ1n) is 8.04. The van der Waals surface area contributed by atoms with Crippen molar-refractivity contribution < 1.29 is 5.11 Å². The maximum atomic E-state index is 9.33. The van der Waals surface area contributed by atoms with Gasteiger partial charge in [-0.15, -0.1) is 0 Å².